The van der Waals surface area contributed by atoms with Gasteiger partial charge in [0, 0.05) is 38.3 Å². The van der Waals surface area contributed by atoms with Crippen molar-refractivity contribution >= 4 is 0 Å². The van der Waals surface area contributed by atoms with Crippen molar-refractivity contribution in [2.75, 3.05) is 21.3 Å². The molecule has 0 unspecified atom stereocenters. The third kappa shape index (κ3) is 5.78. The van der Waals surface area contributed by atoms with Crippen LogP contribution in [-0.2, 0) is 44.7 Å². The van der Waals surface area contributed by atoms with Crippen molar-refractivity contribution in [2.45, 2.75) is 32.7 Å². The van der Waals surface area contributed by atoms with Crippen LogP contribution < -0.4 is 9.47 Å². The molecule has 0 saturated carbocycles. The van der Waals surface area contributed by atoms with Crippen LogP contribution in [0.3, 0.4) is 0 Å². The molecule has 135 valence electrons. The van der Waals surface area contributed by atoms with Crippen molar-refractivity contribution in [3.8, 4) is 22.6 Å². The zero-order valence-electron chi connectivity index (χ0n) is 16.1. The number of benzene rings is 2. The molecule has 2 N–H and O–H groups in total. The molecule has 0 aromatic heterocycles. The van der Waals surface area contributed by atoms with Crippen LogP contribution >= 0.6 is 0 Å². The van der Waals surface area contributed by atoms with Gasteiger partial charge in [-0.15, -0.1) is 6.54 Å². The summed E-state index contributed by atoms with van der Waals surface area (Å²) in [6.07, 6.45) is 0. The molecule has 0 spiro atoms. The van der Waals surface area contributed by atoms with Gasteiger partial charge >= 0.3 is 0 Å². The first-order chi connectivity index (χ1) is 10.9. The van der Waals surface area contributed by atoms with Crippen molar-refractivity contribution < 1.29 is 42.2 Å². The summed E-state index contributed by atoms with van der Waals surface area (Å²) < 4.78 is 11.1. The van der Waals surface area contributed by atoms with Crippen LogP contribution in [0.5, 0.6) is 11.5 Å². The molecule has 0 amide bonds. The van der Waals surface area contributed by atoms with Gasteiger partial charge in [-0.3, -0.25) is 0 Å². The summed E-state index contributed by atoms with van der Waals surface area (Å²) in [6, 6.07) is 12.8. The number of ether oxygens (including phenoxy) is 2. The standard InChI is InChI=1S/C20H26NO2.H2N.Y/c1-20(2,3)16-9-7-15(8-10-16)17-11-14(13-21-4)12-18(22-5)19(17)23-6;;/h7-12H,13H2,1-6H3;1H2;/q2*-1;. The Morgan fingerprint density at radius 3 is 2.00 bits per heavy atom. The molecule has 5 heteroatoms. The monoisotopic (exact) mass is 417 g/mol. The van der Waals surface area contributed by atoms with Crippen LogP contribution in [0.1, 0.15) is 31.9 Å². The van der Waals surface area contributed by atoms with Crippen molar-refractivity contribution in [2.24, 2.45) is 0 Å². The second-order valence-electron chi connectivity index (χ2n) is 6.68. The van der Waals surface area contributed by atoms with Crippen molar-refractivity contribution in [1.29, 1.82) is 0 Å². The molecule has 0 atom stereocenters. The molecule has 0 fully saturated rings. The van der Waals surface area contributed by atoms with Crippen LogP contribution in [0, 0.1) is 0 Å². The topological polar surface area (TPSA) is 66.1 Å². The van der Waals surface area contributed by atoms with E-state index in [9.17, 15) is 0 Å². The molecule has 0 bridgehead atoms. The Kier molecular flexibility index (Phi) is 9.89. The Bertz CT molecular complexity index is 665. The van der Waals surface area contributed by atoms with E-state index in [1.165, 1.54) is 5.56 Å². The second kappa shape index (κ2) is 10.3. The van der Waals surface area contributed by atoms with E-state index in [-0.39, 0.29) is 44.3 Å². The summed E-state index contributed by atoms with van der Waals surface area (Å²) in [5.41, 5.74) is 4.72. The number of nitrogens with two attached hydrogens (primary N) is 1. The van der Waals surface area contributed by atoms with Gasteiger partial charge in [-0.1, -0.05) is 50.6 Å². The van der Waals surface area contributed by atoms with E-state index >= 15 is 0 Å². The maximum Gasteiger partial charge on any atom is 0.168 e. The Morgan fingerprint density at radius 2 is 1.56 bits per heavy atom. The minimum atomic E-state index is 0. The van der Waals surface area contributed by atoms with E-state index in [0.717, 1.165) is 28.2 Å². The van der Waals surface area contributed by atoms with E-state index < -0.39 is 0 Å². The fraction of sp³-hybridized carbons (Fsp3) is 0.400. The van der Waals surface area contributed by atoms with E-state index in [0.29, 0.717) is 6.54 Å². The minimum Gasteiger partial charge on any atom is -0.693 e. The van der Waals surface area contributed by atoms with Crippen molar-refractivity contribution in [3.05, 3.63) is 59.0 Å². The van der Waals surface area contributed by atoms with Gasteiger partial charge in [0.15, 0.2) is 11.5 Å². The van der Waals surface area contributed by atoms with E-state index in [4.69, 9.17) is 9.47 Å². The normalized spacial score (nSPS) is 10.5. The number of nitrogens with zero attached hydrogens (tertiary/aromatic N) is 1. The molecule has 25 heavy (non-hydrogen) atoms. The van der Waals surface area contributed by atoms with Crippen LogP contribution in [0.4, 0.5) is 0 Å². The van der Waals surface area contributed by atoms with E-state index in [1.807, 2.05) is 13.1 Å². The number of methoxy groups -OCH3 is 2. The van der Waals surface area contributed by atoms with Gasteiger partial charge in [0.1, 0.15) is 0 Å². The first-order valence-electron chi connectivity index (χ1n) is 7.82. The molecule has 0 aliphatic heterocycles. The average Bonchev–Trinajstić information content (AvgIpc) is 2.53. The van der Waals surface area contributed by atoms with Gasteiger partial charge in [-0.25, -0.2) is 0 Å². The third-order valence-corrected chi connectivity index (χ3v) is 3.94. The summed E-state index contributed by atoms with van der Waals surface area (Å²) in [7, 11) is 5.15. The molecule has 2 aromatic rings. The summed E-state index contributed by atoms with van der Waals surface area (Å²) in [4.78, 5) is 0. The summed E-state index contributed by atoms with van der Waals surface area (Å²) in [5, 5.41) is 4.22. The second-order valence-corrected chi connectivity index (χ2v) is 6.68. The zero-order chi connectivity index (χ0) is 17.0. The molecule has 4 nitrogen and oxygen atoms in total. The molecular weight excluding hydrogens is 389 g/mol. The molecule has 0 aliphatic carbocycles. The maximum absolute atomic E-state index is 5.60. The van der Waals surface area contributed by atoms with Gasteiger partial charge in [0.05, 0.1) is 14.2 Å². The van der Waals surface area contributed by atoms with Crippen molar-refractivity contribution in [1.82, 2.24) is 0 Å². The fourth-order valence-corrected chi connectivity index (χ4v) is 2.66. The van der Waals surface area contributed by atoms with Gasteiger partial charge < -0.3 is 20.9 Å². The van der Waals surface area contributed by atoms with Crippen LogP contribution in [0.15, 0.2) is 36.4 Å². The van der Waals surface area contributed by atoms with Crippen LogP contribution in [-0.4, -0.2) is 21.3 Å². The van der Waals surface area contributed by atoms with E-state index in [2.05, 4.69) is 56.4 Å². The summed E-state index contributed by atoms with van der Waals surface area (Å²) in [6.45, 7) is 7.31. The third-order valence-electron chi connectivity index (χ3n) is 3.94. The van der Waals surface area contributed by atoms with Crippen LogP contribution in [0.2, 0.25) is 0 Å². The summed E-state index contributed by atoms with van der Waals surface area (Å²) in [5.74, 6) is 1.50. The Hall–Kier alpha value is -0.936. The predicted molar refractivity (Wildman–Crippen MR) is 102 cm³/mol. The first-order valence-corrected chi connectivity index (χ1v) is 7.82. The SMILES string of the molecule is C[N-]Cc1cc(OC)c(OC)c(-c2ccc(C(C)(C)C)cc2)c1.[NH2-].[Y]. The summed E-state index contributed by atoms with van der Waals surface area (Å²) >= 11 is 0. The van der Waals surface area contributed by atoms with Gasteiger partial charge in [-0.2, -0.15) is 7.05 Å². The smallest absolute Gasteiger partial charge is 0.168 e. The van der Waals surface area contributed by atoms with Gasteiger partial charge in [0.25, 0.3) is 0 Å². The van der Waals surface area contributed by atoms with Crippen LogP contribution in [0.25, 0.3) is 22.6 Å². The number of rotatable bonds is 5. The quantitative estimate of drug-likeness (QED) is 0.609. The molecule has 2 aromatic carbocycles. The Labute approximate surface area is 177 Å². The van der Waals surface area contributed by atoms with Crippen molar-refractivity contribution in [3.63, 3.8) is 0 Å². The van der Waals surface area contributed by atoms with Gasteiger partial charge in [-0.05, 0) is 28.7 Å². The molecular formula is C20H28N2O2Y-2. The van der Waals surface area contributed by atoms with E-state index in [1.54, 1.807) is 14.2 Å². The largest absolute Gasteiger partial charge is 0.693 e. The maximum atomic E-state index is 5.60. The Balaban J connectivity index is 0.00000288. The van der Waals surface area contributed by atoms with Gasteiger partial charge in [0.2, 0.25) is 0 Å². The molecule has 2 rings (SSSR count). The average molecular weight is 417 g/mol. The molecule has 1 radical (unpaired) electrons. The minimum absolute atomic E-state index is 0. The molecule has 0 saturated heterocycles. The first kappa shape index (κ1) is 24.1. The molecule has 0 heterocycles. The number of hydrogen-bond acceptors (Lipinski definition) is 2. The molecule has 0 aliphatic rings. The zero-order valence-corrected chi connectivity index (χ0v) is 18.9. The fourth-order valence-electron chi connectivity index (χ4n) is 2.66. The Morgan fingerprint density at radius 1 is 0.960 bits per heavy atom. The predicted octanol–water partition coefficient (Wildman–Crippen LogP) is 5.89. The number of hydrogen-bond donors (Lipinski definition) is 0.